The number of aromatic nitrogens is 3. The van der Waals surface area contributed by atoms with Gasteiger partial charge in [-0.3, -0.25) is 14.3 Å². The van der Waals surface area contributed by atoms with Crippen LogP contribution in [0.5, 0.6) is 0 Å². The molecule has 3 heterocycles. The molecule has 1 atom stereocenters. The lowest BCUT2D eigenvalue weighted by Gasteiger charge is -2.39. The predicted octanol–water partition coefficient (Wildman–Crippen LogP) is 2.57. The molecule has 0 radical (unpaired) electrons. The number of hydrogen-bond acceptors (Lipinski definition) is 5. The van der Waals surface area contributed by atoms with Gasteiger partial charge in [0, 0.05) is 18.3 Å². The van der Waals surface area contributed by atoms with E-state index < -0.39 is 23.2 Å². The van der Waals surface area contributed by atoms with Crippen LogP contribution < -0.4 is 0 Å². The summed E-state index contributed by atoms with van der Waals surface area (Å²) in [6.07, 6.45) is 1.61. The molecule has 0 saturated heterocycles. The third kappa shape index (κ3) is 3.99. The maximum atomic E-state index is 13.4. The van der Waals surface area contributed by atoms with Crippen molar-refractivity contribution < 1.29 is 28.6 Å². The van der Waals surface area contributed by atoms with Crippen molar-refractivity contribution in [1.82, 2.24) is 19.7 Å². The second-order valence-corrected chi connectivity index (χ2v) is 8.06. The average molecular weight is 454 g/mol. The second-order valence-electron chi connectivity index (χ2n) is 8.06. The molecule has 2 N–H and O–H groups in total. The number of amides is 1. The molecule has 1 aliphatic heterocycles. The van der Waals surface area contributed by atoms with Crippen LogP contribution in [0.4, 0.5) is 4.39 Å². The first kappa shape index (κ1) is 22.3. The van der Waals surface area contributed by atoms with E-state index >= 15 is 0 Å². The number of rotatable bonds is 6. The highest BCUT2D eigenvalue weighted by Gasteiger charge is 2.49. The van der Waals surface area contributed by atoms with E-state index in [1.807, 2.05) is 0 Å². The number of aromatic carboxylic acids is 1. The van der Waals surface area contributed by atoms with Gasteiger partial charge in [-0.2, -0.15) is 5.10 Å². The predicted molar refractivity (Wildman–Crippen MR) is 114 cm³/mol. The molecule has 1 amide bonds. The van der Waals surface area contributed by atoms with Gasteiger partial charge in [-0.25, -0.2) is 9.18 Å². The summed E-state index contributed by atoms with van der Waals surface area (Å²) in [5.74, 6) is -2.64. The Hall–Kier alpha value is -3.95. The number of nitrogens with zero attached hydrogens (tertiary/aromatic N) is 3. The van der Waals surface area contributed by atoms with E-state index in [1.165, 1.54) is 21.7 Å². The van der Waals surface area contributed by atoms with E-state index in [9.17, 15) is 23.9 Å². The van der Waals surface area contributed by atoms with E-state index in [2.05, 4.69) is 10.1 Å². The van der Waals surface area contributed by atoms with Crippen LogP contribution in [0.25, 0.3) is 0 Å². The number of nitrogens with one attached hydrogen (secondary N) is 1. The van der Waals surface area contributed by atoms with Crippen molar-refractivity contribution in [3.8, 4) is 0 Å². The lowest BCUT2D eigenvalue weighted by Crippen LogP contribution is -2.52. The maximum absolute atomic E-state index is 13.4. The van der Waals surface area contributed by atoms with Gasteiger partial charge in [0.05, 0.1) is 25.4 Å². The van der Waals surface area contributed by atoms with Crippen LogP contribution in [0.15, 0.2) is 42.6 Å². The number of carboxylic acid groups (broad SMARTS) is 1. The van der Waals surface area contributed by atoms with Crippen molar-refractivity contribution in [2.24, 2.45) is 0 Å². The molecule has 1 aliphatic rings. The lowest BCUT2D eigenvalue weighted by molar-refractivity contribution is -0.150. The summed E-state index contributed by atoms with van der Waals surface area (Å²) >= 11 is 0. The van der Waals surface area contributed by atoms with Gasteiger partial charge in [0.15, 0.2) is 5.69 Å². The Labute approximate surface area is 188 Å². The zero-order chi connectivity index (χ0) is 23.8. The van der Waals surface area contributed by atoms with Crippen LogP contribution >= 0.6 is 0 Å². The fraction of sp³-hybridized carbons (Fsp3) is 0.304. The summed E-state index contributed by atoms with van der Waals surface area (Å²) in [5, 5.41) is 14.1. The third-order valence-corrected chi connectivity index (χ3v) is 5.72. The molecule has 33 heavy (non-hydrogen) atoms. The first-order valence-corrected chi connectivity index (χ1v) is 10.4. The Morgan fingerprint density at radius 2 is 1.97 bits per heavy atom. The Bertz CT molecular complexity index is 1200. The molecule has 172 valence electrons. The van der Waals surface area contributed by atoms with Crippen LogP contribution in [0, 0.1) is 5.82 Å². The van der Waals surface area contributed by atoms with Gasteiger partial charge in [-0.1, -0.05) is 12.1 Å². The first-order chi connectivity index (χ1) is 15.7. The molecule has 2 aromatic heterocycles. The van der Waals surface area contributed by atoms with Crippen LogP contribution in [0.1, 0.15) is 51.6 Å². The van der Waals surface area contributed by atoms with Gasteiger partial charge in [0.1, 0.15) is 16.9 Å². The molecular weight excluding hydrogens is 431 g/mol. The van der Waals surface area contributed by atoms with E-state index in [0.29, 0.717) is 17.0 Å². The fourth-order valence-electron chi connectivity index (χ4n) is 4.25. The van der Waals surface area contributed by atoms with Crippen molar-refractivity contribution in [3.63, 3.8) is 0 Å². The molecule has 0 spiro atoms. The molecule has 0 saturated carbocycles. The standard InChI is InChI=1S/C23H23FN4O5/c1-3-33-22(32)23(2)13-27(20(29)17-5-4-10-25-17)12-16-18(21(30)31)26-28(19(16)23)11-14-6-8-15(24)9-7-14/h4-10,25H,3,11-13H2,1-2H3,(H,30,31)/t23-/m0/s1. The second kappa shape index (κ2) is 8.53. The van der Waals surface area contributed by atoms with Gasteiger partial charge in [0.2, 0.25) is 0 Å². The van der Waals surface area contributed by atoms with Crippen molar-refractivity contribution in [3.05, 3.63) is 76.6 Å². The number of aromatic amines is 1. The van der Waals surface area contributed by atoms with Crippen molar-refractivity contribution >= 4 is 17.8 Å². The van der Waals surface area contributed by atoms with Gasteiger partial charge in [-0.05, 0) is 43.7 Å². The number of ether oxygens (including phenoxy) is 1. The Kier molecular flexibility index (Phi) is 5.75. The summed E-state index contributed by atoms with van der Waals surface area (Å²) in [7, 11) is 0. The van der Waals surface area contributed by atoms with Crippen LogP contribution in [0.3, 0.4) is 0 Å². The summed E-state index contributed by atoms with van der Waals surface area (Å²) in [4.78, 5) is 42.5. The SMILES string of the molecule is CCOC(=O)[C@@]1(C)CN(C(=O)c2ccc[nH]2)Cc2c(C(=O)O)nn(Cc3ccc(F)cc3)c21. The van der Waals surface area contributed by atoms with E-state index in [1.54, 1.807) is 44.3 Å². The van der Waals surface area contributed by atoms with Crippen molar-refractivity contribution in [2.75, 3.05) is 13.2 Å². The molecular formula is C23H23FN4O5. The van der Waals surface area contributed by atoms with Crippen LogP contribution in [-0.4, -0.2) is 55.8 Å². The van der Waals surface area contributed by atoms with Gasteiger partial charge in [-0.15, -0.1) is 0 Å². The van der Waals surface area contributed by atoms with E-state index in [0.717, 1.165) is 0 Å². The fourth-order valence-corrected chi connectivity index (χ4v) is 4.25. The molecule has 0 fully saturated rings. The van der Waals surface area contributed by atoms with Gasteiger partial charge < -0.3 is 19.7 Å². The number of carbonyl (C=O) groups excluding carboxylic acids is 2. The molecule has 10 heteroatoms. The molecule has 9 nitrogen and oxygen atoms in total. The monoisotopic (exact) mass is 454 g/mol. The Balaban J connectivity index is 1.85. The quantitative estimate of drug-likeness (QED) is 0.553. The minimum Gasteiger partial charge on any atom is -0.476 e. The number of carboxylic acids is 1. The Morgan fingerprint density at radius 1 is 1.24 bits per heavy atom. The summed E-state index contributed by atoms with van der Waals surface area (Å²) < 4.78 is 20.1. The van der Waals surface area contributed by atoms with Crippen LogP contribution in [0.2, 0.25) is 0 Å². The van der Waals surface area contributed by atoms with Crippen LogP contribution in [-0.2, 0) is 28.0 Å². The minimum absolute atomic E-state index is 0.0230. The number of hydrogen-bond donors (Lipinski definition) is 2. The lowest BCUT2D eigenvalue weighted by atomic mass is 9.80. The largest absolute Gasteiger partial charge is 0.476 e. The number of fused-ring (bicyclic) bond motifs is 1. The molecule has 1 aromatic carbocycles. The number of H-pyrrole nitrogens is 1. The van der Waals surface area contributed by atoms with Crippen molar-refractivity contribution in [1.29, 1.82) is 0 Å². The van der Waals surface area contributed by atoms with Gasteiger partial charge in [0.25, 0.3) is 5.91 Å². The number of esters is 1. The number of benzene rings is 1. The average Bonchev–Trinajstić information content (AvgIpc) is 3.44. The van der Waals surface area contributed by atoms with E-state index in [-0.39, 0.29) is 43.4 Å². The number of carbonyl (C=O) groups is 3. The molecule has 3 aromatic rings. The maximum Gasteiger partial charge on any atom is 0.356 e. The minimum atomic E-state index is -1.37. The molecule has 4 rings (SSSR count). The van der Waals surface area contributed by atoms with Gasteiger partial charge >= 0.3 is 11.9 Å². The first-order valence-electron chi connectivity index (χ1n) is 10.4. The number of halogens is 1. The van der Waals surface area contributed by atoms with Crippen molar-refractivity contribution in [2.45, 2.75) is 32.4 Å². The molecule has 0 bridgehead atoms. The third-order valence-electron chi connectivity index (χ3n) is 5.72. The van der Waals surface area contributed by atoms with E-state index in [4.69, 9.17) is 4.74 Å². The smallest absolute Gasteiger partial charge is 0.356 e. The highest BCUT2D eigenvalue weighted by atomic mass is 19.1. The Morgan fingerprint density at radius 3 is 2.58 bits per heavy atom. The topological polar surface area (TPSA) is 118 Å². The zero-order valence-electron chi connectivity index (χ0n) is 18.2. The highest BCUT2D eigenvalue weighted by molar-refractivity contribution is 5.95. The summed E-state index contributed by atoms with van der Waals surface area (Å²) in [6.45, 7) is 3.47. The summed E-state index contributed by atoms with van der Waals surface area (Å²) in [6, 6.07) is 9.01. The highest BCUT2D eigenvalue weighted by Crippen LogP contribution is 2.37. The summed E-state index contributed by atoms with van der Waals surface area (Å²) in [5.41, 5.74) is 0.0261. The normalized spacial score (nSPS) is 17.5. The molecule has 0 aliphatic carbocycles. The zero-order valence-corrected chi connectivity index (χ0v) is 18.2. The molecule has 0 unspecified atom stereocenters.